The molecule has 0 bridgehead atoms. The van der Waals surface area contributed by atoms with Crippen LogP contribution in [-0.4, -0.2) is 31.7 Å². The van der Waals surface area contributed by atoms with Gasteiger partial charge in [-0.2, -0.15) is 5.10 Å². The molecule has 1 atom stereocenters. The molecule has 4 aromatic rings. The minimum Gasteiger partial charge on any atom is -0.478 e. The SMILES string of the molecule is O=C(O)c1ccc(NC(=O)C(CC2CC2)c2ccc(-c3cc(Cl)ccc3-n3cccn3)cn2)cc1. The molecule has 1 aliphatic rings. The van der Waals surface area contributed by atoms with Gasteiger partial charge in [-0.25, -0.2) is 9.48 Å². The molecule has 1 fully saturated rings. The number of halogens is 1. The van der Waals surface area contributed by atoms with Crippen molar-refractivity contribution in [1.29, 1.82) is 0 Å². The highest BCUT2D eigenvalue weighted by atomic mass is 35.5. The third-order valence-corrected chi connectivity index (χ3v) is 6.38. The molecule has 1 aliphatic carbocycles. The molecule has 0 saturated heterocycles. The van der Waals surface area contributed by atoms with Gasteiger partial charge in [-0.1, -0.05) is 30.5 Å². The number of aromatic carboxylic acids is 1. The van der Waals surface area contributed by atoms with Crippen molar-refractivity contribution in [3.8, 4) is 16.8 Å². The molecule has 0 spiro atoms. The standard InChI is InChI=1S/C27H23ClN4O3/c28-20-7-11-25(32-13-1-12-30-32)22(15-20)19-6-10-24(29-16-19)23(14-17-2-3-17)26(33)31-21-8-4-18(5-9-21)27(34)35/h1,4-13,15-17,23H,2-3,14H2,(H,31,33)(H,34,35). The predicted octanol–water partition coefficient (Wildman–Crippen LogP) is 5.81. The van der Waals surface area contributed by atoms with Crippen molar-refractivity contribution < 1.29 is 14.7 Å². The predicted molar refractivity (Wildman–Crippen MR) is 134 cm³/mol. The summed E-state index contributed by atoms with van der Waals surface area (Å²) in [6.45, 7) is 0. The zero-order valence-corrected chi connectivity index (χ0v) is 19.5. The van der Waals surface area contributed by atoms with E-state index in [9.17, 15) is 9.59 Å². The second-order valence-electron chi connectivity index (χ2n) is 8.69. The molecule has 0 radical (unpaired) electrons. The normalized spacial score (nSPS) is 13.9. The first-order valence-corrected chi connectivity index (χ1v) is 11.8. The van der Waals surface area contributed by atoms with Crippen LogP contribution >= 0.6 is 11.6 Å². The van der Waals surface area contributed by atoms with Crippen LogP contribution in [0.3, 0.4) is 0 Å². The number of hydrogen-bond acceptors (Lipinski definition) is 4. The minimum absolute atomic E-state index is 0.153. The lowest BCUT2D eigenvalue weighted by Crippen LogP contribution is -2.22. The monoisotopic (exact) mass is 486 g/mol. The number of carbonyl (C=O) groups excluding carboxylic acids is 1. The van der Waals surface area contributed by atoms with Gasteiger partial charge in [0.05, 0.1) is 22.9 Å². The van der Waals surface area contributed by atoms with Crippen LogP contribution in [0.2, 0.25) is 5.02 Å². The lowest BCUT2D eigenvalue weighted by molar-refractivity contribution is -0.117. The molecule has 0 aliphatic heterocycles. The van der Waals surface area contributed by atoms with Gasteiger partial charge in [0.15, 0.2) is 0 Å². The van der Waals surface area contributed by atoms with E-state index in [0.717, 1.165) is 36.1 Å². The Bertz CT molecular complexity index is 1350. The lowest BCUT2D eigenvalue weighted by Gasteiger charge is -2.17. The number of rotatable bonds is 8. The highest BCUT2D eigenvalue weighted by Gasteiger charge is 2.31. The number of pyridine rings is 1. The van der Waals surface area contributed by atoms with Crippen molar-refractivity contribution in [2.24, 2.45) is 5.92 Å². The Kier molecular flexibility index (Phi) is 6.33. The first-order valence-electron chi connectivity index (χ1n) is 11.4. The first kappa shape index (κ1) is 22.8. The molecule has 1 amide bonds. The maximum absolute atomic E-state index is 13.2. The third kappa shape index (κ3) is 5.25. The van der Waals surface area contributed by atoms with Crippen LogP contribution in [0.5, 0.6) is 0 Å². The Morgan fingerprint density at radius 2 is 1.91 bits per heavy atom. The number of anilines is 1. The molecular formula is C27H23ClN4O3. The van der Waals surface area contributed by atoms with E-state index in [1.165, 1.54) is 12.1 Å². The van der Waals surface area contributed by atoms with Crippen molar-refractivity contribution in [3.05, 3.63) is 95.5 Å². The summed E-state index contributed by atoms with van der Waals surface area (Å²) in [5.74, 6) is -1.05. The summed E-state index contributed by atoms with van der Waals surface area (Å²) in [4.78, 5) is 29.0. The number of aromatic nitrogens is 3. The molecule has 8 heteroatoms. The highest BCUT2D eigenvalue weighted by molar-refractivity contribution is 6.31. The van der Waals surface area contributed by atoms with E-state index in [1.54, 1.807) is 29.2 Å². The molecule has 7 nitrogen and oxygen atoms in total. The molecule has 1 saturated carbocycles. The molecule has 35 heavy (non-hydrogen) atoms. The maximum Gasteiger partial charge on any atom is 0.335 e. The Morgan fingerprint density at radius 1 is 1.11 bits per heavy atom. The van der Waals surface area contributed by atoms with Crippen molar-refractivity contribution >= 4 is 29.2 Å². The Balaban J connectivity index is 1.40. The Hall–Kier alpha value is -3.97. The van der Waals surface area contributed by atoms with Crippen LogP contribution in [0.25, 0.3) is 16.8 Å². The smallest absolute Gasteiger partial charge is 0.335 e. The zero-order chi connectivity index (χ0) is 24.4. The average Bonchev–Trinajstić information content (AvgIpc) is 3.53. The molecular weight excluding hydrogens is 464 g/mol. The fourth-order valence-electron chi connectivity index (χ4n) is 4.10. The Labute approximate surface area is 207 Å². The van der Waals surface area contributed by atoms with Crippen LogP contribution in [0.1, 0.15) is 41.2 Å². The van der Waals surface area contributed by atoms with Gasteiger partial charge in [0, 0.05) is 40.4 Å². The summed E-state index contributed by atoms with van der Waals surface area (Å²) >= 11 is 6.28. The van der Waals surface area contributed by atoms with Gasteiger partial charge in [0.2, 0.25) is 5.91 Å². The van der Waals surface area contributed by atoms with Gasteiger partial charge >= 0.3 is 5.97 Å². The number of nitrogens with one attached hydrogen (secondary N) is 1. The summed E-state index contributed by atoms with van der Waals surface area (Å²) in [7, 11) is 0. The average molecular weight is 487 g/mol. The summed E-state index contributed by atoms with van der Waals surface area (Å²) < 4.78 is 1.78. The van der Waals surface area contributed by atoms with Gasteiger partial charge in [-0.3, -0.25) is 9.78 Å². The van der Waals surface area contributed by atoms with Gasteiger partial charge in [-0.05, 0) is 66.9 Å². The summed E-state index contributed by atoms with van der Waals surface area (Å²) in [6, 6.07) is 17.5. The number of carboxylic acid groups (broad SMARTS) is 1. The number of carbonyl (C=O) groups is 2. The van der Waals surface area contributed by atoms with E-state index in [0.29, 0.717) is 22.3 Å². The topological polar surface area (TPSA) is 97.1 Å². The second kappa shape index (κ2) is 9.72. The number of carboxylic acids is 1. The lowest BCUT2D eigenvalue weighted by atomic mass is 9.95. The molecule has 176 valence electrons. The summed E-state index contributed by atoms with van der Waals surface area (Å²) in [6.07, 6.45) is 8.31. The molecule has 2 aromatic carbocycles. The van der Waals surface area contributed by atoms with E-state index >= 15 is 0 Å². The quantitative estimate of drug-likeness (QED) is 0.327. The van der Waals surface area contributed by atoms with E-state index in [4.69, 9.17) is 16.7 Å². The van der Waals surface area contributed by atoms with Crippen molar-refractivity contribution in [2.45, 2.75) is 25.2 Å². The zero-order valence-electron chi connectivity index (χ0n) is 18.8. The van der Waals surface area contributed by atoms with Crippen LogP contribution < -0.4 is 5.32 Å². The van der Waals surface area contributed by atoms with Crippen molar-refractivity contribution in [3.63, 3.8) is 0 Å². The Morgan fingerprint density at radius 3 is 2.54 bits per heavy atom. The minimum atomic E-state index is -1.01. The van der Waals surface area contributed by atoms with Gasteiger partial charge in [0.25, 0.3) is 0 Å². The van der Waals surface area contributed by atoms with Crippen LogP contribution in [0, 0.1) is 5.92 Å². The van der Waals surface area contributed by atoms with Gasteiger partial charge in [0.1, 0.15) is 0 Å². The van der Waals surface area contributed by atoms with E-state index < -0.39 is 11.9 Å². The van der Waals surface area contributed by atoms with Crippen LogP contribution in [-0.2, 0) is 4.79 Å². The third-order valence-electron chi connectivity index (χ3n) is 6.15. The molecule has 2 heterocycles. The second-order valence-corrected chi connectivity index (χ2v) is 9.12. The van der Waals surface area contributed by atoms with Crippen LogP contribution in [0.15, 0.2) is 79.3 Å². The molecule has 1 unspecified atom stereocenters. The molecule has 2 aromatic heterocycles. The molecule has 5 rings (SSSR count). The number of amides is 1. The summed E-state index contributed by atoms with van der Waals surface area (Å²) in [5, 5.41) is 16.9. The van der Waals surface area contributed by atoms with E-state index in [1.807, 2.05) is 42.6 Å². The highest BCUT2D eigenvalue weighted by Crippen LogP contribution is 2.39. The first-order chi connectivity index (χ1) is 17.0. The van der Waals surface area contributed by atoms with Crippen molar-refractivity contribution in [1.82, 2.24) is 14.8 Å². The van der Waals surface area contributed by atoms with Crippen LogP contribution in [0.4, 0.5) is 5.69 Å². The summed E-state index contributed by atoms with van der Waals surface area (Å²) in [5.41, 5.74) is 4.07. The number of nitrogens with zero attached hydrogens (tertiary/aromatic N) is 3. The fourth-order valence-corrected chi connectivity index (χ4v) is 4.27. The largest absolute Gasteiger partial charge is 0.478 e. The molecule has 2 N–H and O–H groups in total. The van der Waals surface area contributed by atoms with Gasteiger partial charge in [-0.15, -0.1) is 0 Å². The number of benzene rings is 2. The van der Waals surface area contributed by atoms with E-state index in [-0.39, 0.29) is 11.5 Å². The maximum atomic E-state index is 13.2. The fraction of sp³-hybridized carbons (Fsp3) is 0.185. The van der Waals surface area contributed by atoms with E-state index in [2.05, 4.69) is 15.4 Å². The van der Waals surface area contributed by atoms with Gasteiger partial charge < -0.3 is 10.4 Å². The number of hydrogen-bond donors (Lipinski definition) is 2. The van der Waals surface area contributed by atoms with Crippen molar-refractivity contribution in [2.75, 3.05) is 5.32 Å².